The van der Waals surface area contributed by atoms with Gasteiger partial charge < -0.3 is 15.2 Å². The number of imidazole rings is 1. The Labute approximate surface area is 132 Å². The minimum Gasteiger partial charge on any atom is -0.351 e. The van der Waals surface area contributed by atoms with Gasteiger partial charge in [-0.2, -0.15) is 0 Å². The lowest BCUT2D eigenvalue weighted by atomic mass is 9.87. The first-order valence-electron chi connectivity index (χ1n) is 7.62. The first-order valence-corrected chi connectivity index (χ1v) is 7.62. The Morgan fingerprint density at radius 3 is 2.18 bits per heavy atom. The predicted octanol–water partition coefficient (Wildman–Crippen LogP) is 1.73. The first kappa shape index (κ1) is 18.2. The normalized spacial score (nSPS) is 14.5. The van der Waals surface area contributed by atoms with Crippen LogP contribution in [0.3, 0.4) is 0 Å². The van der Waals surface area contributed by atoms with E-state index in [0.29, 0.717) is 5.82 Å². The monoisotopic (exact) mass is 308 g/mol. The summed E-state index contributed by atoms with van der Waals surface area (Å²) in [5, 5.41) is 5.77. The van der Waals surface area contributed by atoms with E-state index in [1.807, 2.05) is 20.8 Å². The lowest BCUT2D eigenvalue weighted by Gasteiger charge is -2.31. The summed E-state index contributed by atoms with van der Waals surface area (Å²) in [6.07, 6.45) is 3.25. The van der Waals surface area contributed by atoms with E-state index in [9.17, 15) is 9.59 Å². The van der Waals surface area contributed by atoms with Crippen LogP contribution in [0.4, 0.5) is 0 Å². The number of amides is 2. The van der Waals surface area contributed by atoms with Crippen molar-refractivity contribution in [1.29, 1.82) is 0 Å². The molecule has 22 heavy (non-hydrogen) atoms. The molecule has 2 N–H and O–H groups in total. The minimum atomic E-state index is -0.589. The van der Waals surface area contributed by atoms with Gasteiger partial charge in [-0.05, 0) is 18.3 Å². The topological polar surface area (TPSA) is 76.0 Å². The summed E-state index contributed by atoms with van der Waals surface area (Å²) in [4.78, 5) is 28.7. The van der Waals surface area contributed by atoms with Gasteiger partial charge >= 0.3 is 0 Å². The molecule has 1 aromatic heterocycles. The first-order chi connectivity index (χ1) is 10.0. The van der Waals surface area contributed by atoms with Gasteiger partial charge in [-0.3, -0.25) is 9.59 Å². The van der Waals surface area contributed by atoms with Gasteiger partial charge in [0.2, 0.25) is 5.91 Å². The Morgan fingerprint density at radius 1 is 1.18 bits per heavy atom. The van der Waals surface area contributed by atoms with Crippen molar-refractivity contribution in [2.45, 2.75) is 53.6 Å². The third-order valence-corrected chi connectivity index (χ3v) is 3.92. The number of carbonyl (C=O) groups is 2. The highest BCUT2D eigenvalue weighted by atomic mass is 16.2. The van der Waals surface area contributed by atoms with Crippen molar-refractivity contribution in [1.82, 2.24) is 20.2 Å². The average Bonchev–Trinajstić information content (AvgIpc) is 2.80. The Hall–Kier alpha value is -1.85. The van der Waals surface area contributed by atoms with Gasteiger partial charge in [0.05, 0.1) is 0 Å². The largest absolute Gasteiger partial charge is 0.351 e. The van der Waals surface area contributed by atoms with Gasteiger partial charge in [-0.1, -0.05) is 34.6 Å². The zero-order chi connectivity index (χ0) is 17.1. The maximum absolute atomic E-state index is 12.5. The smallest absolute Gasteiger partial charge is 0.287 e. The Morgan fingerprint density at radius 2 is 1.77 bits per heavy atom. The zero-order valence-corrected chi connectivity index (χ0v) is 14.6. The number of aromatic nitrogens is 2. The molecule has 1 unspecified atom stereocenters. The van der Waals surface area contributed by atoms with Crippen LogP contribution in [-0.2, 0) is 11.8 Å². The van der Waals surface area contributed by atoms with Crippen molar-refractivity contribution in [3.63, 3.8) is 0 Å². The van der Waals surface area contributed by atoms with E-state index in [4.69, 9.17) is 0 Å². The number of nitrogens with one attached hydrogen (secondary N) is 2. The molecule has 1 aromatic rings. The summed E-state index contributed by atoms with van der Waals surface area (Å²) >= 11 is 0. The molecule has 6 nitrogen and oxygen atoms in total. The lowest BCUT2D eigenvalue weighted by Crippen LogP contribution is -2.54. The van der Waals surface area contributed by atoms with Crippen LogP contribution < -0.4 is 10.6 Å². The lowest BCUT2D eigenvalue weighted by molar-refractivity contribution is -0.125. The third kappa shape index (κ3) is 4.58. The summed E-state index contributed by atoms with van der Waals surface area (Å²) in [5.74, 6) is -0.233. The summed E-state index contributed by atoms with van der Waals surface area (Å²) in [6, 6.07) is -0.583. The maximum Gasteiger partial charge on any atom is 0.287 e. The second-order valence-corrected chi connectivity index (χ2v) is 7.15. The van der Waals surface area contributed by atoms with Crippen LogP contribution >= 0.6 is 0 Å². The molecule has 0 saturated carbocycles. The summed E-state index contributed by atoms with van der Waals surface area (Å²) in [5.41, 5.74) is -0.0408. The van der Waals surface area contributed by atoms with Gasteiger partial charge in [0.15, 0.2) is 5.82 Å². The maximum atomic E-state index is 12.5. The van der Waals surface area contributed by atoms with Crippen molar-refractivity contribution in [2.75, 3.05) is 0 Å². The standard InChI is InChI=1S/C16H28N4O2/c1-10(2)12(14(21)18-11(3)16(4,5)6)19-15(22)13-17-8-9-20(13)7/h8-12H,1-7H3,(H,18,21)(H,19,22)/t11-,12?/m1/s1. The molecule has 1 heterocycles. The van der Waals surface area contributed by atoms with Crippen LogP contribution in [0.5, 0.6) is 0 Å². The van der Waals surface area contributed by atoms with Gasteiger partial charge in [-0.15, -0.1) is 0 Å². The highest BCUT2D eigenvalue weighted by Crippen LogP contribution is 2.19. The second kappa shape index (κ2) is 6.94. The molecule has 6 heteroatoms. The quantitative estimate of drug-likeness (QED) is 0.869. The van der Waals surface area contributed by atoms with Crippen molar-refractivity contribution in [3.05, 3.63) is 18.2 Å². The molecule has 124 valence electrons. The summed E-state index contributed by atoms with van der Waals surface area (Å²) < 4.78 is 1.63. The van der Waals surface area contributed by atoms with Crippen molar-refractivity contribution in [2.24, 2.45) is 18.4 Å². The second-order valence-electron chi connectivity index (χ2n) is 7.15. The molecule has 0 aliphatic heterocycles. The number of rotatable bonds is 5. The van der Waals surface area contributed by atoms with Crippen LogP contribution in [0, 0.1) is 11.3 Å². The molecule has 0 radical (unpaired) electrons. The van der Waals surface area contributed by atoms with Gasteiger partial charge in [-0.25, -0.2) is 4.98 Å². The molecule has 2 atom stereocenters. The SMILES string of the molecule is CC(C)C(NC(=O)c1nccn1C)C(=O)N[C@H](C)C(C)(C)C. The summed E-state index contributed by atoms with van der Waals surface area (Å²) in [7, 11) is 1.74. The van der Waals surface area contributed by atoms with Crippen molar-refractivity contribution < 1.29 is 9.59 Å². The van der Waals surface area contributed by atoms with Crippen molar-refractivity contribution in [3.8, 4) is 0 Å². The molecule has 2 amide bonds. The third-order valence-electron chi connectivity index (χ3n) is 3.92. The number of nitrogens with zero attached hydrogens (tertiary/aromatic N) is 2. The van der Waals surface area contributed by atoms with E-state index in [1.165, 1.54) is 0 Å². The Balaban J connectivity index is 2.80. The van der Waals surface area contributed by atoms with E-state index in [2.05, 4.69) is 36.4 Å². The molecule has 0 spiro atoms. The fourth-order valence-corrected chi connectivity index (χ4v) is 1.84. The Bertz CT molecular complexity index is 528. The number of hydrogen-bond donors (Lipinski definition) is 2. The fraction of sp³-hybridized carbons (Fsp3) is 0.688. The fourth-order valence-electron chi connectivity index (χ4n) is 1.84. The molecule has 1 rings (SSSR count). The number of carbonyl (C=O) groups excluding carboxylic acids is 2. The predicted molar refractivity (Wildman–Crippen MR) is 86.4 cm³/mol. The number of hydrogen-bond acceptors (Lipinski definition) is 3. The van der Waals surface area contributed by atoms with Crippen LogP contribution in [-0.4, -0.2) is 33.4 Å². The van der Waals surface area contributed by atoms with E-state index >= 15 is 0 Å². The van der Waals surface area contributed by atoms with Gasteiger partial charge in [0.25, 0.3) is 5.91 Å². The highest BCUT2D eigenvalue weighted by Gasteiger charge is 2.29. The zero-order valence-electron chi connectivity index (χ0n) is 14.6. The van der Waals surface area contributed by atoms with Crippen LogP contribution in [0.15, 0.2) is 12.4 Å². The molecule has 0 aromatic carbocycles. The van der Waals surface area contributed by atoms with Crippen LogP contribution in [0.1, 0.15) is 52.2 Å². The van der Waals surface area contributed by atoms with Gasteiger partial charge in [0, 0.05) is 25.5 Å². The molecule has 0 bridgehead atoms. The highest BCUT2D eigenvalue weighted by molar-refractivity contribution is 5.95. The molecular formula is C16H28N4O2. The summed E-state index contributed by atoms with van der Waals surface area (Å²) in [6.45, 7) is 12.0. The average molecular weight is 308 g/mol. The van der Waals surface area contributed by atoms with Gasteiger partial charge in [0.1, 0.15) is 6.04 Å². The number of aryl methyl sites for hydroxylation is 1. The Kier molecular flexibility index (Phi) is 5.74. The molecule has 0 fully saturated rings. The molecule has 0 aliphatic rings. The molecule has 0 saturated heterocycles. The van der Waals surface area contributed by atoms with E-state index < -0.39 is 6.04 Å². The van der Waals surface area contributed by atoms with Crippen molar-refractivity contribution >= 4 is 11.8 Å². The van der Waals surface area contributed by atoms with E-state index in [1.54, 1.807) is 24.0 Å². The van der Waals surface area contributed by atoms with Crippen LogP contribution in [0.2, 0.25) is 0 Å². The minimum absolute atomic E-state index is 0.00585. The van der Waals surface area contributed by atoms with Crippen LogP contribution in [0.25, 0.3) is 0 Å². The molecule has 0 aliphatic carbocycles. The van der Waals surface area contributed by atoms with E-state index in [-0.39, 0.29) is 29.2 Å². The molecular weight excluding hydrogens is 280 g/mol. The van der Waals surface area contributed by atoms with E-state index in [0.717, 1.165) is 0 Å².